The molecular formula is C51H55BN2O2. The number of fused-ring (bicyclic) bond motifs is 8. The number of furan rings is 2. The molecule has 284 valence electrons. The summed E-state index contributed by atoms with van der Waals surface area (Å²) in [5.74, 6) is 0. The Bertz CT molecular complexity index is 2620. The minimum absolute atomic E-state index is 0.0471. The Hall–Kier alpha value is -5.16. The third-order valence-corrected chi connectivity index (χ3v) is 12.0. The van der Waals surface area contributed by atoms with Crippen molar-refractivity contribution in [3.63, 3.8) is 0 Å². The minimum atomic E-state index is -2.39. The molecule has 0 saturated carbocycles. The molecule has 0 bridgehead atoms. The number of nitrogens with zero attached hydrogens (tertiary/aromatic N) is 2. The van der Waals surface area contributed by atoms with Gasteiger partial charge in [-0.1, -0.05) is 119 Å². The molecule has 0 N–H and O–H groups in total. The minimum Gasteiger partial charge on any atom is -0.468 e. The van der Waals surface area contributed by atoms with Crippen LogP contribution in [0.4, 0.5) is 34.1 Å². The summed E-state index contributed by atoms with van der Waals surface area (Å²) in [5.41, 5.74) is 14.1. The molecule has 0 amide bonds. The van der Waals surface area contributed by atoms with Crippen molar-refractivity contribution in [3.05, 3.63) is 125 Å². The van der Waals surface area contributed by atoms with Gasteiger partial charge in [-0.15, -0.1) is 0 Å². The van der Waals surface area contributed by atoms with Crippen molar-refractivity contribution in [1.29, 1.82) is 0 Å². The Kier molecular flexibility index (Phi) is 7.04. The molecule has 2 aliphatic heterocycles. The summed E-state index contributed by atoms with van der Waals surface area (Å²) in [7, 11) is 0. The molecule has 9 rings (SSSR count). The summed E-state index contributed by atoms with van der Waals surface area (Å²) in [6, 6.07) is 34.2. The second-order valence-corrected chi connectivity index (χ2v) is 20.2. The number of rotatable bonds is 2. The molecule has 56 heavy (non-hydrogen) atoms. The lowest BCUT2D eigenvalue weighted by Crippen LogP contribution is -2.60. The molecule has 0 aliphatic carbocycles. The second-order valence-electron chi connectivity index (χ2n) is 20.2. The van der Waals surface area contributed by atoms with Crippen LogP contribution in [0.3, 0.4) is 0 Å². The Morgan fingerprint density at radius 3 is 1.16 bits per heavy atom. The quantitative estimate of drug-likeness (QED) is 0.165. The first kappa shape index (κ1) is 33.0. The SMILES string of the molecule is [2H]C([2H])([2H])c1cc2c3c(c1)N(c1ccc(C(C)(C)C)cc1)c1c(oc4ccc(C(C)(C)C)cc14)B3c1oc3ccc(C(C)(C)C)cc3c1N2c1ccc(C(C)(C)C)cc1. The van der Waals surface area contributed by atoms with Crippen LogP contribution in [0, 0.1) is 6.85 Å². The van der Waals surface area contributed by atoms with E-state index in [-0.39, 0.29) is 27.2 Å². The average molecular weight is 742 g/mol. The van der Waals surface area contributed by atoms with Crippen LogP contribution in [0.2, 0.25) is 0 Å². The van der Waals surface area contributed by atoms with Gasteiger partial charge < -0.3 is 18.6 Å². The summed E-state index contributed by atoms with van der Waals surface area (Å²) >= 11 is 0. The van der Waals surface area contributed by atoms with Crippen LogP contribution >= 0.6 is 0 Å². The van der Waals surface area contributed by atoms with Crippen LogP contribution in [0.25, 0.3) is 21.9 Å². The maximum atomic E-state index is 8.91. The van der Waals surface area contributed by atoms with Gasteiger partial charge in [0.15, 0.2) is 0 Å². The van der Waals surface area contributed by atoms with Gasteiger partial charge in [-0.3, -0.25) is 0 Å². The molecular weight excluding hydrogens is 683 g/mol. The third-order valence-electron chi connectivity index (χ3n) is 12.0. The number of hydrogen-bond acceptors (Lipinski definition) is 4. The summed E-state index contributed by atoms with van der Waals surface area (Å²) < 4.78 is 41.0. The fraction of sp³-hybridized carbons (Fsp3) is 0.333. The van der Waals surface area contributed by atoms with E-state index in [1.54, 1.807) is 0 Å². The molecule has 0 spiro atoms. The van der Waals surface area contributed by atoms with Crippen molar-refractivity contribution in [3.8, 4) is 0 Å². The first-order valence-electron chi connectivity index (χ1n) is 21.5. The van der Waals surface area contributed by atoms with Gasteiger partial charge >= 0.3 is 6.71 Å². The third kappa shape index (κ3) is 5.64. The second kappa shape index (κ2) is 11.9. The summed E-state index contributed by atoms with van der Waals surface area (Å²) in [4.78, 5) is 4.49. The first-order chi connectivity index (χ1) is 27.4. The topological polar surface area (TPSA) is 32.8 Å². The lowest BCUT2D eigenvalue weighted by Gasteiger charge is -2.41. The fourth-order valence-corrected chi connectivity index (χ4v) is 8.66. The van der Waals surface area contributed by atoms with Crippen molar-refractivity contribution in [2.75, 3.05) is 9.80 Å². The number of anilines is 6. The smallest absolute Gasteiger partial charge is 0.342 e. The number of benzene rings is 5. The maximum Gasteiger partial charge on any atom is 0.342 e. The van der Waals surface area contributed by atoms with Gasteiger partial charge in [-0.05, 0) is 122 Å². The van der Waals surface area contributed by atoms with Crippen LogP contribution in [0.15, 0.2) is 106 Å². The molecule has 4 nitrogen and oxygen atoms in total. The van der Waals surface area contributed by atoms with Crippen LogP contribution in [-0.2, 0) is 21.7 Å². The Labute approximate surface area is 337 Å². The molecule has 2 aliphatic rings. The van der Waals surface area contributed by atoms with Crippen molar-refractivity contribution in [2.24, 2.45) is 0 Å². The molecule has 0 fully saturated rings. The predicted molar refractivity (Wildman–Crippen MR) is 240 cm³/mol. The van der Waals surface area contributed by atoms with Crippen LogP contribution in [0.5, 0.6) is 0 Å². The number of hydrogen-bond donors (Lipinski definition) is 0. The van der Waals surface area contributed by atoms with Crippen molar-refractivity contribution >= 4 is 79.6 Å². The standard InChI is InChI=1S/C51H55BN2O2/c1-30-26-39-43-40(27-30)54(36-22-16-32(17-23-36)49(5,6)7)45-38-29-34(51(11,12)13)19-25-42(38)56-47(45)52(43)46-44(37-28-33(50(8,9)10)18-24-41(37)55-46)53(39)35-20-14-31(15-21-35)48(2,3)4/h14-29H,1-13H3/i1D3. The molecule has 7 aromatic rings. The summed E-state index contributed by atoms with van der Waals surface area (Å²) in [6.07, 6.45) is 0. The van der Waals surface area contributed by atoms with E-state index in [9.17, 15) is 0 Å². The van der Waals surface area contributed by atoms with E-state index < -0.39 is 13.6 Å². The molecule has 0 atom stereocenters. The van der Waals surface area contributed by atoms with E-state index in [1.807, 2.05) is 12.1 Å². The van der Waals surface area contributed by atoms with Crippen LogP contribution in [-0.4, -0.2) is 6.71 Å². The molecule has 0 unspecified atom stereocenters. The summed E-state index contributed by atoms with van der Waals surface area (Å²) in [5, 5.41) is 1.96. The molecule has 2 aromatic heterocycles. The average Bonchev–Trinajstić information content (AvgIpc) is 3.71. The van der Waals surface area contributed by atoms with E-state index in [1.165, 1.54) is 22.3 Å². The van der Waals surface area contributed by atoms with E-state index in [0.29, 0.717) is 0 Å². The zero-order chi connectivity index (χ0) is 42.4. The van der Waals surface area contributed by atoms with Gasteiger partial charge in [0.25, 0.3) is 0 Å². The Morgan fingerprint density at radius 2 is 0.821 bits per heavy atom. The van der Waals surface area contributed by atoms with Gasteiger partial charge in [0.1, 0.15) is 22.5 Å². The molecule has 5 aromatic carbocycles. The van der Waals surface area contributed by atoms with Crippen LogP contribution < -0.4 is 26.6 Å². The highest BCUT2D eigenvalue weighted by Gasteiger charge is 2.50. The Morgan fingerprint density at radius 1 is 0.464 bits per heavy atom. The molecule has 4 heterocycles. The maximum absolute atomic E-state index is 8.91. The van der Waals surface area contributed by atoms with Crippen molar-refractivity contribution in [1.82, 2.24) is 0 Å². The van der Waals surface area contributed by atoms with Gasteiger partial charge in [0.2, 0.25) is 0 Å². The van der Waals surface area contributed by atoms with E-state index in [2.05, 4.69) is 178 Å². The normalized spacial score (nSPS) is 15.4. The van der Waals surface area contributed by atoms with Gasteiger partial charge in [-0.25, -0.2) is 0 Å². The van der Waals surface area contributed by atoms with Gasteiger partial charge in [0.05, 0.1) is 11.4 Å². The largest absolute Gasteiger partial charge is 0.468 e. The van der Waals surface area contributed by atoms with E-state index >= 15 is 0 Å². The van der Waals surface area contributed by atoms with Gasteiger partial charge in [0, 0.05) is 37.6 Å². The lowest BCUT2D eigenvalue weighted by molar-refractivity contribution is 0.590. The molecule has 0 radical (unpaired) electrons. The fourth-order valence-electron chi connectivity index (χ4n) is 8.66. The van der Waals surface area contributed by atoms with E-state index in [0.717, 1.165) is 72.8 Å². The van der Waals surface area contributed by atoms with Crippen molar-refractivity contribution < 1.29 is 12.9 Å². The number of aryl methyl sites for hydroxylation is 1. The zero-order valence-electron chi connectivity index (χ0n) is 38.0. The Balaban J connectivity index is 1.44. The van der Waals surface area contributed by atoms with Crippen molar-refractivity contribution in [2.45, 2.75) is 112 Å². The van der Waals surface area contributed by atoms with Crippen LogP contribution in [0.1, 0.15) is 115 Å². The molecule has 5 heteroatoms. The van der Waals surface area contributed by atoms with E-state index in [4.69, 9.17) is 12.9 Å². The summed E-state index contributed by atoms with van der Waals surface area (Å²) in [6.45, 7) is 23.8. The predicted octanol–water partition coefficient (Wildman–Crippen LogP) is 12.8. The highest BCUT2D eigenvalue weighted by molar-refractivity contribution is 6.99. The highest BCUT2D eigenvalue weighted by atomic mass is 16.3. The highest BCUT2D eigenvalue weighted by Crippen LogP contribution is 2.50. The molecule has 0 saturated heterocycles. The first-order valence-corrected chi connectivity index (χ1v) is 20.0. The zero-order valence-corrected chi connectivity index (χ0v) is 35.0. The monoisotopic (exact) mass is 741 g/mol. The van der Waals surface area contributed by atoms with Gasteiger partial charge in [-0.2, -0.15) is 0 Å². The lowest BCUT2D eigenvalue weighted by atomic mass is 9.37.